The summed E-state index contributed by atoms with van der Waals surface area (Å²) in [5, 5.41) is 7.60. The van der Waals surface area contributed by atoms with Gasteiger partial charge in [-0.2, -0.15) is 5.10 Å². The molecule has 10 heteroatoms. The van der Waals surface area contributed by atoms with Gasteiger partial charge < -0.3 is 14.8 Å². The highest BCUT2D eigenvalue weighted by Crippen LogP contribution is 2.33. The SMILES string of the molecule is CCOC(=O)c1cc2n(n1)C[C@@](C)(C(=O)NCCCOC)N(c1ccc(Cl)cc1)C2=O. The molecule has 2 heterocycles. The minimum absolute atomic E-state index is 0.0195. The molecule has 2 aromatic rings. The van der Waals surface area contributed by atoms with Crippen molar-refractivity contribution in [2.45, 2.75) is 32.4 Å². The number of carbonyl (C=O) groups excluding carboxylic acids is 3. The Hall–Kier alpha value is -2.91. The monoisotopic (exact) mass is 448 g/mol. The van der Waals surface area contributed by atoms with Crippen molar-refractivity contribution in [1.29, 1.82) is 0 Å². The summed E-state index contributed by atoms with van der Waals surface area (Å²) in [6.45, 7) is 4.50. The molecule has 31 heavy (non-hydrogen) atoms. The van der Waals surface area contributed by atoms with Crippen LogP contribution in [0.3, 0.4) is 0 Å². The number of fused-ring (bicyclic) bond motifs is 1. The molecule has 1 aliphatic rings. The van der Waals surface area contributed by atoms with Crippen LogP contribution in [0.15, 0.2) is 30.3 Å². The van der Waals surface area contributed by atoms with E-state index in [0.717, 1.165) is 0 Å². The van der Waals surface area contributed by atoms with Crippen LogP contribution >= 0.6 is 11.6 Å². The molecule has 0 saturated carbocycles. The third kappa shape index (κ3) is 4.57. The molecule has 1 N–H and O–H groups in total. The van der Waals surface area contributed by atoms with Crippen molar-refractivity contribution in [3.63, 3.8) is 0 Å². The van der Waals surface area contributed by atoms with E-state index in [-0.39, 0.29) is 30.4 Å². The van der Waals surface area contributed by atoms with E-state index in [1.807, 2.05) is 0 Å². The maximum absolute atomic E-state index is 13.5. The van der Waals surface area contributed by atoms with Crippen molar-refractivity contribution in [2.24, 2.45) is 0 Å². The van der Waals surface area contributed by atoms with Crippen LogP contribution in [0.25, 0.3) is 0 Å². The number of methoxy groups -OCH3 is 1. The van der Waals surface area contributed by atoms with E-state index in [0.29, 0.717) is 30.3 Å². The molecule has 1 aliphatic heterocycles. The number of nitrogens with one attached hydrogen (secondary N) is 1. The second kappa shape index (κ2) is 9.49. The Labute approximate surface area is 185 Å². The highest BCUT2D eigenvalue weighted by atomic mass is 35.5. The number of esters is 1. The first kappa shape index (κ1) is 22.8. The predicted octanol–water partition coefficient (Wildman–Crippen LogP) is 2.29. The second-order valence-electron chi connectivity index (χ2n) is 7.29. The van der Waals surface area contributed by atoms with Crippen molar-refractivity contribution in [2.75, 3.05) is 31.8 Å². The zero-order valence-corrected chi connectivity index (χ0v) is 18.4. The van der Waals surface area contributed by atoms with Crippen LogP contribution in [-0.2, 0) is 20.8 Å². The molecule has 1 atom stereocenters. The Morgan fingerprint density at radius 3 is 2.65 bits per heavy atom. The van der Waals surface area contributed by atoms with Crippen molar-refractivity contribution in [1.82, 2.24) is 15.1 Å². The number of aromatic nitrogens is 2. The molecular formula is C21H25ClN4O5. The molecule has 0 aliphatic carbocycles. The molecule has 1 aromatic heterocycles. The molecular weight excluding hydrogens is 424 g/mol. The number of halogens is 1. The van der Waals surface area contributed by atoms with Crippen LogP contribution in [0, 0.1) is 0 Å². The van der Waals surface area contributed by atoms with Gasteiger partial charge in [0.2, 0.25) is 5.91 Å². The van der Waals surface area contributed by atoms with Crippen LogP contribution in [0.4, 0.5) is 5.69 Å². The molecule has 166 valence electrons. The zero-order chi connectivity index (χ0) is 22.6. The number of benzene rings is 1. The van der Waals surface area contributed by atoms with Crippen LogP contribution < -0.4 is 10.2 Å². The van der Waals surface area contributed by atoms with Crippen molar-refractivity contribution < 1.29 is 23.9 Å². The molecule has 0 fully saturated rings. The van der Waals surface area contributed by atoms with Gasteiger partial charge in [0.15, 0.2) is 5.69 Å². The maximum atomic E-state index is 13.5. The first-order valence-electron chi connectivity index (χ1n) is 9.94. The van der Waals surface area contributed by atoms with Gasteiger partial charge in [-0.3, -0.25) is 19.2 Å². The summed E-state index contributed by atoms with van der Waals surface area (Å²) < 4.78 is 11.4. The number of amides is 2. The van der Waals surface area contributed by atoms with E-state index < -0.39 is 17.4 Å². The van der Waals surface area contributed by atoms with Gasteiger partial charge >= 0.3 is 5.97 Å². The predicted molar refractivity (Wildman–Crippen MR) is 114 cm³/mol. The molecule has 0 unspecified atom stereocenters. The lowest BCUT2D eigenvalue weighted by molar-refractivity contribution is -0.126. The Balaban J connectivity index is 2.00. The number of anilines is 1. The lowest BCUT2D eigenvalue weighted by Gasteiger charge is -2.43. The Kier molecular flexibility index (Phi) is 6.97. The molecule has 2 amide bonds. The fraction of sp³-hybridized carbons (Fsp3) is 0.429. The van der Waals surface area contributed by atoms with E-state index in [2.05, 4.69) is 10.4 Å². The maximum Gasteiger partial charge on any atom is 0.358 e. The quantitative estimate of drug-likeness (QED) is 0.491. The minimum Gasteiger partial charge on any atom is -0.461 e. The number of nitrogens with zero attached hydrogens (tertiary/aromatic N) is 3. The van der Waals surface area contributed by atoms with Gasteiger partial charge in [0, 0.05) is 37.0 Å². The molecule has 0 spiro atoms. The topological polar surface area (TPSA) is 103 Å². The van der Waals surface area contributed by atoms with Gasteiger partial charge in [-0.1, -0.05) is 11.6 Å². The van der Waals surface area contributed by atoms with Crippen LogP contribution in [0.1, 0.15) is 41.2 Å². The standard InChI is InChI=1S/C21H25ClN4O5/c1-4-31-19(28)16-12-17-18(27)26(15-8-6-14(22)7-9-15)21(2,13-25(17)24-16)20(29)23-10-5-11-30-3/h6-9,12H,4-5,10-11,13H2,1-3H3,(H,23,29)/t21-/m0/s1. The van der Waals surface area contributed by atoms with E-state index in [9.17, 15) is 14.4 Å². The van der Waals surface area contributed by atoms with E-state index in [4.69, 9.17) is 21.1 Å². The van der Waals surface area contributed by atoms with Gasteiger partial charge in [0.05, 0.1) is 13.2 Å². The summed E-state index contributed by atoms with van der Waals surface area (Å²) in [6.07, 6.45) is 0.632. The summed E-state index contributed by atoms with van der Waals surface area (Å²) in [4.78, 5) is 40.2. The number of hydrogen-bond donors (Lipinski definition) is 1. The molecule has 9 nitrogen and oxygen atoms in total. The smallest absolute Gasteiger partial charge is 0.358 e. The van der Waals surface area contributed by atoms with Crippen LogP contribution in [-0.4, -0.2) is 60.0 Å². The third-order valence-electron chi connectivity index (χ3n) is 5.02. The molecule has 3 rings (SSSR count). The Morgan fingerprint density at radius 1 is 1.29 bits per heavy atom. The van der Waals surface area contributed by atoms with Gasteiger partial charge in [0.1, 0.15) is 11.2 Å². The lowest BCUT2D eigenvalue weighted by atomic mass is 9.94. The van der Waals surface area contributed by atoms with E-state index >= 15 is 0 Å². The number of ether oxygens (including phenoxy) is 2. The van der Waals surface area contributed by atoms with E-state index in [1.54, 1.807) is 45.2 Å². The van der Waals surface area contributed by atoms with Crippen molar-refractivity contribution in [3.05, 3.63) is 46.7 Å². The highest BCUT2D eigenvalue weighted by molar-refractivity contribution is 6.30. The van der Waals surface area contributed by atoms with Gasteiger partial charge in [-0.05, 0) is 44.5 Å². The number of rotatable bonds is 8. The molecule has 0 bridgehead atoms. The Morgan fingerprint density at radius 2 is 2.00 bits per heavy atom. The Bertz CT molecular complexity index is 975. The summed E-state index contributed by atoms with van der Waals surface area (Å²) in [5.74, 6) is -1.42. The van der Waals surface area contributed by atoms with Gasteiger partial charge in [-0.25, -0.2) is 4.79 Å². The van der Waals surface area contributed by atoms with Crippen molar-refractivity contribution in [3.8, 4) is 0 Å². The number of carbonyl (C=O) groups is 3. The summed E-state index contributed by atoms with van der Waals surface area (Å²) in [5.41, 5.74) is -0.564. The first-order chi connectivity index (χ1) is 14.8. The highest BCUT2D eigenvalue weighted by Gasteiger charge is 2.49. The van der Waals surface area contributed by atoms with Crippen molar-refractivity contribution >= 4 is 35.1 Å². The van der Waals surface area contributed by atoms with Gasteiger partial charge in [-0.15, -0.1) is 0 Å². The van der Waals surface area contributed by atoms with Crippen LogP contribution in [0.5, 0.6) is 0 Å². The van der Waals surface area contributed by atoms with Gasteiger partial charge in [0.25, 0.3) is 5.91 Å². The summed E-state index contributed by atoms with van der Waals surface area (Å²) in [6, 6.07) is 8.04. The average Bonchev–Trinajstić information content (AvgIpc) is 3.17. The number of hydrogen-bond acceptors (Lipinski definition) is 6. The second-order valence-corrected chi connectivity index (χ2v) is 7.72. The third-order valence-corrected chi connectivity index (χ3v) is 5.27. The average molecular weight is 449 g/mol. The summed E-state index contributed by atoms with van der Waals surface area (Å²) >= 11 is 6.01. The molecule has 1 aromatic carbocycles. The fourth-order valence-electron chi connectivity index (χ4n) is 3.49. The lowest BCUT2D eigenvalue weighted by Crippen LogP contribution is -2.64. The normalized spacial score (nSPS) is 17.9. The fourth-order valence-corrected chi connectivity index (χ4v) is 3.62. The summed E-state index contributed by atoms with van der Waals surface area (Å²) in [7, 11) is 1.59. The largest absolute Gasteiger partial charge is 0.461 e. The van der Waals surface area contributed by atoms with Crippen LogP contribution in [0.2, 0.25) is 5.02 Å². The molecule has 0 saturated heterocycles. The van der Waals surface area contributed by atoms with E-state index in [1.165, 1.54) is 15.6 Å². The minimum atomic E-state index is -1.29. The molecule has 0 radical (unpaired) electrons. The first-order valence-corrected chi connectivity index (χ1v) is 10.3. The zero-order valence-electron chi connectivity index (χ0n) is 17.7.